The second kappa shape index (κ2) is 6.58. The highest BCUT2D eigenvalue weighted by Gasteiger charge is 1.98. The molecule has 0 heterocycles. The molecule has 0 spiro atoms. The van der Waals surface area contributed by atoms with Crippen LogP contribution >= 0.6 is 23.2 Å². The van der Waals surface area contributed by atoms with Gasteiger partial charge in [-0.3, -0.25) is 0 Å². The van der Waals surface area contributed by atoms with E-state index in [0.717, 1.165) is 0 Å². The van der Waals surface area contributed by atoms with Gasteiger partial charge in [0.15, 0.2) is 0 Å². The van der Waals surface area contributed by atoms with Gasteiger partial charge in [-0.25, -0.2) is 0 Å². The molecule has 0 saturated carbocycles. The fourth-order valence-electron chi connectivity index (χ4n) is 0.961. The Bertz CT molecular complexity index is 338. The lowest BCUT2D eigenvalue weighted by Gasteiger charge is -2.06. The topological polar surface area (TPSA) is 18.5 Å². The lowest BCUT2D eigenvalue weighted by Crippen LogP contribution is -2.06. The fraction of sp³-hybridized carbons (Fsp3) is 0.273. The van der Waals surface area contributed by atoms with E-state index >= 15 is 0 Å². The second-order valence-corrected chi connectivity index (χ2v) is 3.58. The van der Waals surface area contributed by atoms with Crippen molar-refractivity contribution in [2.75, 3.05) is 19.8 Å². The van der Waals surface area contributed by atoms with Crippen molar-refractivity contribution in [2.45, 2.75) is 0 Å². The first-order valence-corrected chi connectivity index (χ1v) is 5.08. The maximum atomic E-state index is 5.79. The van der Waals surface area contributed by atoms with Crippen LogP contribution in [0.3, 0.4) is 0 Å². The van der Waals surface area contributed by atoms with Gasteiger partial charge in [0.2, 0.25) is 0 Å². The SMILES string of the molecule is C#CCOCCOc1cc(Cl)cc(Cl)c1. The molecule has 15 heavy (non-hydrogen) atoms. The van der Waals surface area contributed by atoms with Gasteiger partial charge in [0.25, 0.3) is 0 Å². The van der Waals surface area contributed by atoms with Gasteiger partial charge in [0, 0.05) is 10.0 Å². The van der Waals surface area contributed by atoms with E-state index in [-0.39, 0.29) is 0 Å². The zero-order valence-corrected chi connectivity index (χ0v) is 9.52. The molecule has 0 bridgehead atoms. The first-order chi connectivity index (χ1) is 7.22. The summed E-state index contributed by atoms with van der Waals surface area (Å²) < 4.78 is 10.4. The van der Waals surface area contributed by atoms with Crippen LogP contribution in [0, 0.1) is 12.3 Å². The zero-order chi connectivity index (χ0) is 11.1. The number of terminal acetylenes is 1. The van der Waals surface area contributed by atoms with Crippen LogP contribution in [0.5, 0.6) is 5.75 Å². The van der Waals surface area contributed by atoms with E-state index in [4.69, 9.17) is 39.1 Å². The number of halogens is 2. The Morgan fingerprint density at radius 1 is 1.13 bits per heavy atom. The van der Waals surface area contributed by atoms with Crippen LogP contribution in [-0.4, -0.2) is 19.8 Å². The van der Waals surface area contributed by atoms with Crippen molar-refractivity contribution in [3.63, 3.8) is 0 Å². The van der Waals surface area contributed by atoms with E-state index in [1.165, 1.54) is 0 Å². The molecule has 4 heteroatoms. The fourth-order valence-corrected chi connectivity index (χ4v) is 1.47. The summed E-state index contributed by atoms with van der Waals surface area (Å²) in [7, 11) is 0. The molecule has 0 aromatic heterocycles. The van der Waals surface area contributed by atoms with E-state index in [2.05, 4.69) is 5.92 Å². The molecule has 0 fully saturated rings. The lowest BCUT2D eigenvalue weighted by atomic mass is 10.3. The number of hydrogen-bond acceptors (Lipinski definition) is 2. The molecule has 1 aromatic rings. The largest absolute Gasteiger partial charge is 0.491 e. The predicted molar refractivity (Wildman–Crippen MR) is 61.6 cm³/mol. The highest BCUT2D eigenvalue weighted by Crippen LogP contribution is 2.23. The minimum absolute atomic E-state index is 0.291. The molecule has 1 aromatic carbocycles. The Labute approximate surface area is 99.1 Å². The highest BCUT2D eigenvalue weighted by atomic mass is 35.5. The lowest BCUT2D eigenvalue weighted by molar-refractivity contribution is 0.124. The predicted octanol–water partition coefficient (Wildman–Crippen LogP) is 3.02. The average Bonchev–Trinajstić information content (AvgIpc) is 2.16. The number of benzene rings is 1. The molecule has 0 radical (unpaired) electrons. The molecule has 0 atom stereocenters. The third-order valence-corrected chi connectivity index (χ3v) is 1.95. The summed E-state index contributed by atoms with van der Waals surface area (Å²) in [6.45, 7) is 1.15. The minimum atomic E-state index is 0.291. The smallest absolute Gasteiger partial charge is 0.122 e. The van der Waals surface area contributed by atoms with Gasteiger partial charge in [0.05, 0.1) is 6.61 Å². The molecule has 0 aliphatic heterocycles. The van der Waals surface area contributed by atoms with Crippen LogP contribution in [-0.2, 0) is 4.74 Å². The molecular formula is C11H10Cl2O2. The van der Waals surface area contributed by atoms with Crippen molar-refractivity contribution < 1.29 is 9.47 Å². The standard InChI is InChI=1S/C11H10Cl2O2/c1-2-3-14-4-5-15-11-7-9(12)6-10(13)8-11/h1,6-8H,3-5H2. The Kier molecular flexibility index (Phi) is 5.34. The second-order valence-electron chi connectivity index (χ2n) is 2.71. The summed E-state index contributed by atoms with van der Waals surface area (Å²) in [4.78, 5) is 0. The normalized spacial score (nSPS) is 9.67. The third kappa shape index (κ3) is 4.94. The van der Waals surface area contributed by atoms with Crippen molar-refractivity contribution >= 4 is 23.2 Å². The van der Waals surface area contributed by atoms with Gasteiger partial charge in [-0.1, -0.05) is 29.1 Å². The van der Waals surface area contributed by atoms with Crippen molar-refractivity contribution in [3.8, 4) is 18.1 Å². The van der Waals surface area contributed by atoms with Crippen LogP contribution in [0.1, 0.15) is 0 Å². The summed E-state index contributed by atoms with van der Waals surface area (Å²) in [5, 5.41) is 1.09. The van der Waals surface area contributed by atoms with Gasteiger partial charge >= 0.3 is 0 Å². The van der Waals surface area contributed by atoms with Gasteiger partial charge in [0.1, 0.15) is 19.0 Å². The van der Waals surface area contributed by atoms with Crippen molar-refractivity contribution in [1.29, 1.82) is 0 Å². The summed E-state index contributed by atoms with van der Waals surface area (Å²) in [6.07, 6.45) is 5.01. The molecular weight excluding hydrogens is 235 g/mol. The van der Waals surface area contributed by atoms with Crippen molar-refractivity contribution in [2.24, 2.45) is 0 Å². The summed E-state index contributed by atoms with van der Waals surface area (Å²) >= 11 is 11.6. The van der Waals surface area contributed by atoms with E-state index in [1.54, 1.807) is 18.2 Å². The third-order valence-electron chi connectivity index (χ3n) is 1.52. The Hall–Kier alpha value is -0.880. The van der Waals surface area contributed by atoms with Crippen LogP contribution < -0.4 is 4.74 Å². The summed E-state index contributed by atoms with van der Waals surface area (Å²) in [5.74, 6) is 2.99. The van der Waals surface area contributed by atoms with Gasteiger partial charge in [-0.2, -0.15) is 0 Å². The number of rotatable bonds is 5. The molecule has 0 amide bonds. The van der Waals surface area contributed by atoms with Gasteiger partial charge < -0.3 is 9.47 Å². The van der Waals surface area contributed by atoms with Crippen molar-refractivity contribution in [1.82, 2.24) is 0 Å². The van der Waals surface area contributed by atoms with E-state index < -0.39 is 0 Å². The molecule has 0 N–H and O–H groups in total. The molecule has 0 aliphatic rings. The van der Waals surface area contributed by atoms with E-state index in [9.17, 15) is 0 Å². The first-order valence-electron chi connectivity index (χ1n) is 4.32. The average molecular weight is 245 g/mol. The quantitative estimate of drug-likeness (QED) is 0.586. The van der Waals surface area contributed by atoms with Gasteiger partial charge in [-0.05, 0) is 18.2 Å². The van der Waals surface area contributed by atoms with Crippen LogP contribution in [0.15, 0.2) is 18.2 Å². The molecule has 0 unspecified atom stereocenters. The van der Waals surface area contributed by atoms with Crippen LogP contribution in [0.4, 0.5) is 0 Å². The number of ether oxygens (including phenoxy) is 2. The van der Waals surface area contributed by atoms with Crippen LogP contribution in [0.25, 0.3) is 0 Å². The Balaban J connectivity index is 2.34. The van der Waals surface area contributed by atoms with E-state index in [1.807, 2.05) is 0 Å². The van der Waals surface area contributed by atoms with Crippen LogP contribution in [0.2, 0.25) is 10.0 Å². The molecule has 0 saturated heterocycles. The zero-order valence-electron chi connectivity index (χ0n) is 8.00. The number of hydrogen-bond donors (Lipinski definition) is 0. The monoisotopic (exact) mass is 244 g/mol. The minimum Gasteiger partial charge on any atom is -0.491 e. The maximum Gasteiger partial charge on any atom is 0.122 e. The summed E-state index contributed by atoms with van der Waals surface area (Å²) in [6, 6.07) is 5.02. The Morgan fingerprint density at radius 2 is 1.80 bits per heavy atom. The molecule has 80 valence electrons. The van der Waals surface area contributed by atoms with E-state index in [0.29, 0.717) is 35.6 Å². The molecule has 2 nitrogen and oxygen atoms in total. The summed E-state index contributed by atoms with van der Waals surface area (Å²) in [5.41, 5.74) is 0. The molecule has 1 rings (SSSR count). The first kappa shape index (κ1) is 12.2. The maximum absolute atomic E-state index is 5.79. The molecule has 0 aliphatic carbocycles. The van der Waals surface area contributed by atoms with Gasteiger partial charge in [-0.15, -0.1) is 6.42 Å². The Morgan fingerprint density at radius 3 is 2.40 bits per heavy atom. The highest BCUT2D eigenvalue weighted by molar-refractivity contribution is 6.34. The van der Waals surface area contributed by atoms with Crippen molar-refractivity contribution in [3.05, 3.63) is 28.2 Å².